The smallest absolute Gasteiger partial charge is 0.326 e. The molecule has 0 fully saturated rings. The van der Waals surface area contributed by atoms with Crippen molar-refractivity contribution in [1.82, 2.24) is 10.6 Å². The number of hydrogen-bond acceptors (Lipinski definition) is 5. The lowest BCUT2D eigenvalue weighted by molar-refractivity contribution is -0.142. The second-order valence-electron chi connectivity index (χ2n) is 6.86. The lowest BCUT2D eigenvalue weighted by atomic mass is 10.0. The van der Waals surface area contributed by atoms with Crippen molar-refractivity contribution in [1.29, 1.82) is 0 Å². The molecule has 0 radical (unpaired) electrons. The second-order valence-corrected chi connectivity index (χ2v) is 6.86. The summed E-state index contributed by atoms with van der Waals surface area (Å²) in [7, 11) is 0. The number of benzene rings is 1. The Balaban J connectivity index is 2.77. The Labute approximate surface area is 163 Å². The number of rotatable bonds is 11. The van der Waals surface area contributed by atoms with Crippen LogP contribution < -0.4 is 16.4 Å². The Morgan fingerprint density at radius 1 is 1.00 bits per heavy atom. The van der Waals surface area contributed by atoms with Gasteiger partial charge in [0, 0.05) is 12.8 Å². The summed E-state index contributed by atoms with van der Waals surface area (Å²) in [5, 5.41) is 23.0. The minimum absolute atomic E-state index is 0.0701. The van der Waals surface area contributed by atoms with E-state index in [1.807, 2.05) is 0 Å². The molecule has 0 aromatic heterocycles. The first-order valence-corrected chi connectivity index (χ1v) is 8.96. The van der Waals surface area contributed by atoms with Crippen LogP contribution in [0.4, 0.5) is 0 Å². The number of aliphatic carboxylic acids is 2. The van der Waals surface area contributed by atoms with E-state index < -0.39 is 41.9 Å². The Morgan fingerprint density at radius 2 is 1.61 bits per heavy atom. The zero-order valence-electron chi connectivity index (χ0n) is 15.9. The average Bonchev–Trinajstić information content (AvgIpc) is 2.63. The van der Waals surface area contributed by atoms with Crippen molar-refractivity contribution in [2.75, 3.05) is 0 Å². The zero-order valence-corrected chi connectivity index (χ0v) is 15.9. The van der Waals surface area contributed by atoms with E-state index in [1.165, 1.54) is 0 Å². The molecule has 1 aromatic rings. The van der Waals surface area contributed by atoms with Gasteiger partial charge in [0.15, 0.2) is 0 Å². The van der Waals surface area contributed by atoms with Gasteiger partial charge in [-0.15, -0.1) is 0 Å². The number of amides is 2. The molecule has 0 saturated heterocycles. The summed E-state index contributed by atoms with van der Waals surface area (Å²) in [6, 6.07) is 5.61. The lowest BCUT2D eigenvalue weighted by Gasteiger charge is -2.25. The van der Waals surface area contributed by atoms with Crippen molar-refractivity contribution in [2.45, 2.75) is 51.2 Å². The van der Waals surface area contributed by atoms with Gasteiger partial charge < -0.3 is 26.6 Å². The van der Waals surface area contributed by atoms with E-state index in [0.29, 0.717) is 0 Å². The number of carboxylic acids is 2. The zero-order chi connectivity index (χ0) is 21.3. The van der Waals surface area contributed by atoms with E-state index in [4.69, 9.17) is 10.8 Å². The topological polar surface area (TPSA) is 159 Å². The van der Waals surface area contributed by atoms with Crippen molar-refractivity contribution in [3.05, 3.63) is 35.9 Å². The summed E-state index contributed by atoms with van der Waals surface area (Å²) in [4.78, 5) is 46.9. The summed E-state index contributed by atoms with van der Waals surface area (Å²) in [6.45, 7) is 3.39. The molecule has 0 saturated carbocycles. The van der Waals surface area contributed by atoms with Gasteiger partial charge in [0.2, 0.25) is 11.8 Å². The van der Waals surface area contributed by atoms with Crippen molar-refractivity contribution < 1.29 is 29.4 Å². The van der Waals surface area contributed by atoms with Gasteiger partial charge in [0.1, 0.15) is 12.1 Å². The number of nitrogens with two attached hydrogens (primary N) is 1. The maximum atomic E-state index is 12.6. The van der Waals surface area contributed by atoms with Crippen LogP contribution >= 0.6 is 0 Å². The van der Waals surface area contributed by atoms with E-state index in [0.717, 1.165) is 5.56 Å². The number of carbonyl (C=O) groups excluding carboxylic acids is 2. The standard InChI is InChI=1S/C19H27N3O6/c1-11(2)16(22-17(25)13(20)8-9-15(23)24)18(26)21-14(19(27)28)10-12-6-4-3-5-7-12/h3-7,11,13-14,16H,8-10,20H2,1-2H3,(H,21,26)(H,22,25)(H,23,24)(H,27,28). The molecule has 3 unspecified atom stereocenters. The van der Waals surface area contributed by atoms with Crippen LogP contribution in [0.15, 0.2) is 30.3 Å². The Hall–Kier alpha value is -2.94. The SMILES string of the molecule is CC(C)C(NC(=O)C(N)CCC(=O)O)C(=O)NC(Cc1ccccc1)C(=O)O. The van der Waals surface area contributed by atoms with E-state index in [1.54, 1.807) is 44.2 Å². The van der Waals surface area contributed by atoms with Gasteiger partial charge in [-0.3, -0.25) is 14.4 Å². The molecule has 154 valence electrons. The first-order chi connectivity index (χ1) is 13.1. The molecule has 9 heteroatoms. The molecule has 0 bridgehead atoms. The van der Waals surface area contributed by atoms with Crippen molar-refractivity contribution in [2.24, 2.45) is 11.7 Å². The highest BCUT2D eigenvalue weighted by molar-refractivity contribution is 5.92. The molecular weight excluding hydrogens is 366 g/mol. The molecule has 0 aliphatic rings. The summed E-state index contributed by atoms with van der Waals surface area (Å²) in [5.41, 5.74) is 6.41. The molecule has 6 N–H and O–H groups in total. The van der Waals surface area contributed by atoms with Crippen LogP contribution in [0.1, 0.15) is 32.3 Å². The third-order valence-electron chi connectivity index (χ3n) is 4.15. The fourth-order valence-corrected chi connectivity index (χ4v) is 2.52. The predicted molar refractivity (Wildman–Crippen MR) is 101 cm³/mol. The predicted octanol–water partition coefficient (Wildman–Crippen LogP) is 0.131. The molecule has 2 amide bonds. The fourth-order valence-electron chi connectivity index (χ4n) is 2.52. The van der Waals surface area contributed by atoms with Gasteiger partial charge in [-0.2, -0.15) is 0 Å². The molecule has 0 aliphatic heterocycles. The summed E-state index contributed by atoms with van der Waals surface area (Å²) in [5.74, 6) is -3.90. The van der Waals surface area contributed by atoms with Gasteiger partial charge in [0.25, 0.3) is 0 Å². The minimum Gasteiger partial charge on any atom is -0.481 e. The first-order valence-electron chi connectivity index (χ1n) is 8.96. The maximum Gasteiger partial charge on any atom is 0.326 e. The highest BCUT2D eigenvalue weighted by Gasteiger charge is 2.30. The van der Waals surface area contributed by atoms with E-state index in [-0.39, 0.29) is 25.2 Å². The highest BCUT2D eigenvalue weighted by atomic mass is 16.4. The average molecular weight is 393 g/mol. The lowest BCUT2D eigenvalue weighted by Crippen LogP contribution is -2.56. The third kappa shape index (κ3) is 7.75. The normalized spacial score (nSPS) is 14.0. The van der Waals surface area contributed by atoms with Crippen LogP contribution in [0.2, 0.25) is 0 Å². The number of hydrogen-bond donors (Lipinski definition) is 5. The summed E-state index contributed by atoms with van der Waals surface area (Å²) in [6.07, 6.45) is -0.247. The fraction of sp³-hybridized carbons (Fsp3) is 0.474. The first kappa shape index (κ1) is 23.1. The van der Waals surface area contributed by atoms with Gasteiger partial charge in [-0.05, 0) is 17.9 Å². The number of carbonyl (C=O) groups is 4. The van der Waals surface area contributed by atoms with Gasteiger partial charge in [-0.1, -0.05) is 44.2 Å². The van der Waals surface area contributed by atoms with Crippen LogP contribution in [0, 0.1) is 5.92 Å². The second kappa shape index (κ2) is 11.0. The van der Waals surface area contributed by atoms with Crippen LogP contribution in [-0.4, -0.2) is 52.1 Å². The Kier molecular flexibility index (Phi) is 9.10. The minimum atomic E-state index is -1.19. The summed E-state index contributed by atoms with van der Waals surface area (Å²) >= 11 is 0. The van der Waals surface area contributed by atoms with Crippen LogP contribution in [-0.2, 0) is 25.6 Å². The largest absolute Gasteiger partial charge is 0.481 e. The van der Waals surface area contributed by atoms with Gasteiger partial charge in [0.05, 0.1) is 6.04 Å². The number of nitrogens with one attached hydrogen (secondary N) is 2. The number of carboxylic acid groups (broad SMARTS) is 2. The Morgan fingerprint density at radius 3 is 2.11 bits per heavy atom. The molecule has 0 spiro atoms. The molecule has 0 heterocycles. The summed E-state index contributed by atoms with van der Waals surface area (Å²) < 4.78 is 0. The van der Waals surface area contributed by atoms with Crippen molar-refractivity contribution >= 4 is 23.8 Å². The van der Waals surface area contributed by atoms with Gasteiger partial charge >= 0.3 is 11.9 Å². The molecule has 1 aromatic carbocycles. The molecule has 1 rings (SSSR count). The third-order valence-corrected chi connectivity index (χ3v) is 4.15. The molecular formula is C19H27N3O6. The van der Waals surface area contributed by atoms with Crippen molar-refractivity contribution in [3.63, 3.8) is 0 Å². The van der Waals surface area contributed by atoms with Crippen LogP contribution in [0.5, 0.6) is 0 Å². The quantitative estimate of drug-likeness (QED) is 0.357. The van der Waals surface area contributed by atoms with Crippen molar-refractivity contribution in [3.8, 4) is 0 Å². The van der Waals surface area contributed by atoms with Gasteiger partial charge in [-0.25, -0.2) is 4.79 Å². The maximum absolute atomic E-state index is 12.6. The molecule has 9 nitrogen and oxygen atoms in total. The van der Waals surface area contributed by atoms with E-state index >= 15 is 0 Å². The highest BCUT2D eigenvalue weighted by Crippen LogP contribution is 2.07. The Bertz CT molecular complexity index is 692. The molecule has 3 atom stereocenters. The van der Waals surface area contributed by atoms with E-state index in [9.17, 15) is 24.3 Å². The van der Waals surface area contributed by atoms with Crippen LogP contribution in [0.3, 0.4) is 0 Å². The van der Waals surface area contributed by atoms with E-state index in [2.05, 4.69) is 10.6 Å². The monoisotopic (exact) mass is 393 g/mol. The molecule has 28 heavy (non-hydrogen) atoms. The molecule has 0 aliphatic carbocycles. The van der Waals surface area contributed by atoms with Crippen LogP contribution in [0.25, 0.3) is 0 Å².